The summed E-state index contributed by atoms with van der Waals surface area (Å²) in [6.45, 7) is 5.74. The number of rotatable bonds is 4. The zero-order chi connectivity index (χ0) is 13.0. The van der Waals surface area contributed by atoms with E-state index >= 15 is 0 Å². The van der Waals surface area contributed by atoms with Gasteiger partial charge >= 0.3 is 0 Å². The number of phenolic OH excluding ortho intramolecular Hbond substituents is 1. The van der Waals surface area contributed by atoms with Crippen LogP contribution in [0.15, 0.2) is 22.7 Å². The Morgan fingerprint density at radius 2 is 2.11 bits per heavy atom. The lowest BCUT2D eigenvalue weighted by molar-refractivity contribution is 0.0124. The van der Waals surface area contributed by atoms with Crippen molar-refractivity contribution in [2.45, 2.75) is 32.4 Å². The Hall–Kier alpha value is -0.580. The molecule has 18 heavy (non-hydrogen) atoms. The van der Waals surface area contributed by atoms with E-state index in [9.17, 15) is 5.11 Å². The van der Waals surface area contributed by atoms with Crippen LogP contribution in [0.25, 0.3) is 0 Å². The Kier molecular flexibility index (Phi) is 5.03. The number of piperidine rings is 1. The van der Waals surface area contributed by atoms with E-state index < -0.39 is 0 Å². The first-order valence-electron chi connectivity index (χ1n) is 6.51. The van der Waals surface area contributed by atoms with Gasteiger partial charge in [-0.15, -0.1) is 0 Å². The second kappa shape index (κ2) is 6.55. The van der Waals surface area contributed by atoms with Gasteiger partial charge in [-0.1, -0.05) is 12.1 Å². The number of ether oxygens (including phenoxy) is 1. The molecule has 3 nitrogen and oxygen atoms in total. The molecule has 1 fully saturated rings. The third-order valence-electron chi connectivity index (χ3n) is 3.40. The molecule has 1 aromatic rings. The van der Waals surface area contributed by atoms with E-state index in [1.165, 1.54) is 0 Å². The summed E-state index contributed by atoms with van der Waals surface area (Å²) in [6, 6.07) is 5.81. The molecule has 4 heteroatoms. The van der Waals surface area contributed by atoms with Gasteiger partial charge in [-0.2, -0.15) is 0 Å². The Labute approximate surface area is 117 Å². The highest BCUT2D eigenvalue weighted by atomic mass is 79.9. The summed E-state index contributed by atoms with van der Waals surface area (Å²) in [5.74, 6) is 0.365. The minimum atomic E-state index is 0.365. The Bertz CT molecular complexity index is 389. The molecule has 0 spiro atoms. The van der Waals surface area contributed by atoms with Crippen LogP contribution in [0.2, 0.25) is 0 Å². The van der Waals surface area contributed by atoms with Crippen molar-refractivity contribution in [3.05, 3.63) is 28.2 Å². The molecular formula is C14H20BrNO2. The monoisotopic (exact) mass is 313 g/mol. The highest BCUT2D eigenvalue weighted by Gasteiger charge is 2.20. The van der Waals surface area contributed by atoms with Crippen LogP contribution >= 0.6 is 15.9 Å². The summed E-state index contributed by atoms with van der Waals surface area (Å²) in [7, 11) is 0. The number of benzene rings is 1. The van der Waals surface area contributed by atoms with Gasteiger partial charge in [-0.25, -0.2) is 0 Å². The number of aromatic hydroxyl groups is 1. The van der Waals surface area contributed by atoms with Crippen molar-refractivity contribution < 1.29 is 9.84 Å². The number of hydrogen-bond acceptors (Lipinski definition) is 3. The fourth-order valence-electron chi connectivity index (χ4n) is 2.40. The average Bonchev–Trinajstić information content (AvgIpc) is 2.38. The third-order valence-corrected chi connectivity index (χ3v) is 4.04. The predicted octanol–water partition coefficient (Wildman–Crippen LogP) is 3.16. The number of halogens is 1. The predicted molar refractivity (Wildman–Crippen MR) is 75.7 cm³/mol. The van der Waals surface area contributed by atoms with Crippen molar-refractivity contribution in [1.82, 2.24) is 4.90 Å². The molecule has 1 aromatic carbocycles. The molecule has 0 atom stereocenters. The zero-order valence-electron chi connectivity index (χ0n) is 10.7. The second-order valence-corrected chi connectivity index (χ2v) is 5.53. The molecule has 0 aromatic heterocycles. The lowest BCUT2D eigenvalue weighted by atomic mass is 10.1. The first kappa shape index (κ1) is 13.8. The van der Waals surface area contributed by atoms with Crippen molar-refractivity contribution >= 4 is 15.9 Å². The van der Waals surface area contributed by atoms with Gasteiger partial charge in [0, 0.05) is 31.8 Å². The maximum absolute atomic E-state index is 9.97. The SMILES string of the molecule is CCOC1CCN(Cc2cccc(Br)c2O)CC1. The van der Waals surface area contributed by atoms with Gasteiger partial charge in [0.25, 0.3) is 0 Å². The van der Waals surface area contributed by atoms with Gasteiger partial charge in [0.05, 0.1) is 10.6 Å². The van der Waals surface area contributed by atoms with Gasteiger partial charge < -0.3 is 9.84 Å². The van der Waals surface area contributed by atoms with Crippen LogP contribution in [0.4, 0.5) is 0 Å². The Morgan fingerprint density at radius 3 is 2.78 bits per heavy atom. The number of likely N-dealkylation sites (tertiary alicyclic amines) is 1. The van der Waals surface area contributed by atoms with E-state index in [-0.39, 0.29) is 0 Å². The highest BCUT2D eigenvalue weighted by Crippen LogP contribution is 2.29. The Morgan fingerprint density at radius 1 is 1.39 bits per heavy atom. The summed E-state index contributed by atoms with van der Waals surface area (Å²) < 4.78 is 6.41. The van der Waals surface area contributed by atoms with Crippen molar-refractivity contribution in [2.24, 2.45) is 0 Å². The molecule has 0 amide bonds. The van der Waals surface area contributed by atoms with Gasteiger partial charge in [-0.05, 0) is 41.8 Å². The third kappa shape index (κ3) is 3.46. The number of para-hydroxylation sites is 1. The molecule has 0 bridgehead atoms. The normalized spacial score (nSPS) is 18.1. The standard InChI is InChI=1S/C14H20BrNO2/c1-2-18-12-6-8-16(9-7-12)10-11-4-3-5-13(15)14(11)17/h3-5,12,17H,2,6-10H2,1H3. The fourth-order valence-corrected chi connectivity index (χ4v) is 2.81. The first-order chi connectivity index (χ1) is 8.70. The molecule has 1 N–H and O–H groups in total. The molecule has 1 heterocycles. The molecule has 2 rings (SSSR count). The summed E-state index contributed by atoms with van der Waals surface area (Å²) in [5.41, 5.74) is 0.985. The maximum Gasteiger partial charge on any atom is 0.134 e. The zero-order valence-corrected chi connectivity index (χ0v) is 12.3. The lowest BCUT2D eigenvalue weighted by Crippen LogP contribution is -2.36. The van der Waals surface area contributed by atoms with E-state index in [2.05, 4.69) is 20.8 Å². The molecule has 0 radical (unpaired) electrons. The quantitative estimate of drug-likeness (QED) is 0.927. The number of phenols is 1. The van der Waals surface area contributed by atoms with Crippen molar-refractivity contribution in [3.8, 4) is 5.75 Å². The molecule has 0 aliphatic carbocycles. The largest absolute Gasteiger partial charge is 0.506 e. The smallest absolute Gasteiger partial charge is 0.134 e. The highest BCUT2D eigenvalue weighted by molar-refractivity contribution is 9.10. The summed E-state index contributed by atoms with van der Waals surface area (Å²) in [5, 5.41) is 9.97. The van der Waals surface area contributed by atoms with E-state index in [1.54, 1.807) is 0 Å². The van der Waals surface area contributed by atoms with Crippen LogP contribution in [0.1, 0.15) is 25.3 Å². The molecule has 0 unspecified atom stereocenters. The van der Waals surface area contributed by atoms with E-state index in [4.69, 9.17) is 4.74 Å². The summed E-state index contributed by atoms with van der Waals surface area (Å²) in [6.07, 6.45) is 2.59. The molecule has 1 aliphatic heterocycles. The van der Waals surface area contributed by atoms with Crippen molar-refractivity contribution in [3.63, 3.8) is 0 Å². The fraction of sp³-hybridized carbons (Fsp3) is 0.571. The Balaban J connectivity index is 1.90. The minimum absolute atomic E-state index is 0.365. The van der Waals surface area contributed by atoms with Crippen LogP contribution in [-0.4, -0.2) is 35.8 Å². The van der Waals surface area contributed by atoms with Gasteiger partial charge in [0.2, 0.25) is 0 Å². The first-order valence-corrected chi connectivity index (χ1v) is 7.30. The molecule has 0 saturated carbocycles. The molecule has 1 aliphatic rings. The number of hydrogen-bond donors (Lipinski definition) is 1. The van der Waals surface area contributed by atoms with Gasteiger partial charge in [0.1, 0.15) is 5.75 Å². The van der Waals surface area contributed by atoms with Crippen molar-refractivity contribution in [2.75, 3.05) is 19.7 Å². The number of nitrogens with zero attached hydrogens (tertiary/aromatic N) is 1. The van der Waals surface area contributed by atoms with Crippen LogP contribution in [-0.2, 0) is 11.3 Å². The van der Waals surface area contributed by atoms with Crippen LogP contribution in [0.3, 0.4) is 0 Å². The van der Waals surface area contributed by atoms with Crippen LogP contribution in [0.5, 0.6) is 5.75 Å². The minimum Gasteiger partial charge on any atom is -0.506 e. The summed E-state index contributed by atoms with van der Waals surface area (Å²) in [4.78, 5) is 2.37. The maximum atomic E-state index is 9.97. The van der Waals surface area contributed by atoms with E-state index in [0.717, 1.165) is 49.1 Å². The molecular weight excluding hydrogens is 294 g/mol. The summed E-state index contributed by atoms with van der Waals surface area (Å²) >= 11 is 3.35. The second-order valence-electron chi connectivity index (χ2n) is 4.68. The van der Waals surface area contributed by atoms with Crippen molar-refractivity contribution in [1.29, 1.82) is 0 Å². The molecule has 1 saturated heterocycles. The molecule has 100 valence electrons. The average molecular weight is 314 g/mol. The van der Waals surface area contributed by atoms with Crippen LogP contribution in [0, 0.1) is 0 Å². The lowest BCUT2D eigenvalue weighted by Gasteiger charge is -2.31. The van der Waals surface area contributed by atoms with E-state index in [0.29, 0.717) is 11.9 Å². The topological polar surface area (TPSA) is 32.7 Å². The van der Waals surface area contributed by atoms with E-state index in [1.807, 2.05) is 25.1 Å². The van der Waals surface area contributed by atoms with Crippen LogP contribution < -0.4 is 0 Å². The van der Waals surface area contributed by atoms with Gasteiger partial charge in [-0.3, -0.25) is 4.90 Å². The van der Waals surface area contributed by atoms with Gasteiger partial charge in [0.15, 0.2) is 0 Å².